The number of carbonyl (C=O) groups is 4. The van der Waals surface area contributed by atoms with Crippen LogP contribution < -0.4 is 0 Å². The zero-order valence-corrected chi connectivity index (χ0v) is 29.9. The van der Waals surface area contributed by atoms with Gasteiger partial charge in [-0.3, -0.25) is 19.2 Å². The summed E-state index contributed by atoms with van der Waals surface area (Å²) in [5.41, 5.74) is -4.54. The minimum Gasteiger partial charge on any atom is -0.466 e. The predicted octanol–water partition coefficient (Wildman–Crippen LogP) is 7.78. The van der Waals surface area contributed by atoms with Crippen LogP contribution in [0.4, 0.5) is 4.39 Å². The summed E-state index contributed by atoms with van der Waals surface area (Å²) in [6.45, 7) is 3.86. The minimum absolute atomic E-state index is 0.0276. The third-order valence-electron chi connectivity index (χ3n) is 12.6. The van der Waals surface area contributed by atoms with E-state index < -0.39 is 52.9 Å². The molecule has 4 fully saturated rings. The molecule has 0 aromatic carbocycles. The van der Waals surface area contributed by atoms with Gasteiger partial charge in [0.2, 0.25) is 5.78 Å². The number of fused-ring (bicyclic) bond motifs is 4. The highest BCUT2D eigenvalue weighted by molar-refractivity contribution is 6.01. The first-order chi connectivity index (χ1) is 23.5. The number of hydrogen-bond acceptors (Lipinski definition) is 8. The summed E-state index contributed by atoms with van der Waals surface area (Å²) in [7, 11) is 0. The fourth-order valence-electron chi connectivity index (χ4n) is 9.79. The summed E-state index contributed by atoms with van der Waals surface area (Å²) in [5, 5.41) is 11.4. The first-order valence-electron chi connectivity index (χ1n) is 19.4. The van der Waals surface area contributed by atoms with Crippen molar-refractivity contribution in [2.75, 3.05) is 13.2 Å². The van der Waals surface area contributed by atoms with Gasteiger partial charge >= 0.3 is 11.9 Å². The normalized spacial score (nSPS) is 33.9. The number of aliphatic hydroxyl groups is 1. The van der Waals surface area contributed by atoms with Crippen LogP contribution in [0.2, 0.25) is 0 Å². The van der Waals surface area contributed by atoms with Gasteiger partial charge in [-0.25, -0.2) is 4.39 Å². The molecule has 3 unspecified atom stereocenters. The minimum atomic E-state index is -1.98. The van der Waals surface area contributed by atoms with Crippen molar-refractivity contribution in [1.82, 2.24) is 0 Å². The zero-order valence-electron chi connectivity index (χ0n) is 29.9. The Morgan fingerprint density at radius 2 is 1.47 bits per heavy atom. The van der Waals surface area contributed by atoms with Crippen LogP contribution in [0.1, 0.15) is 149 Å². The Balaban J connectivity index is 0.943. The van der Waals surface area contributed by atoms with Gasteiger partial charge in [0.25, 0.3) is 0 Å². The maximum absolute atomic E-state index is 17.2. The standard InChI is InChI=1S/C40H59FO8/c1-3-4-5-6-7-8-9-10-11-12-13-14-15-16-25-47-35(45)19-20-36(46)48-28-34(44)38-24-22-31-32-18-17-29-26-30(42)21-23-37(29,2)40(32,41)33(43)27-39(31,38)49-38/h21,23,26,31-33,43H,3-20,22,24-25,27-28H2,1-2H3/t31-,32-,33?,37?,38-,39?,40-/m0/s1. The maximum atomic E-state index is 17.2. The number of Topliss-reactive ketones (excluding diaryl/α,β-unsaturated/α-hetero) is 1. The topological polar surface area (TPSA) is 120 Å². The molecule has 5 aliphatic rings. The van der Waals surface area contributed by atoms with Crippen molar-refractivity contribution in [1.29, 1.82) is 0 Å². The Labute approximate surface area is 292 Å². The van der Waals surface area contributed by atoms with E-state index in [9.17, 15) is 24.3 Å². The number of carbonyl (C=O) groups excluding carboxylic acids is 4. The number of esters is 2. The number of aliphatic hydroxyl groups excluding tert-OH is 1. The molecule has 1 heterocycles. The van der Waals surface area contributed by atoms with E-state index in [1.54, 1.807) is 13.0 Å². The summed E-state index contributed by atoms with van der Waals surface area (Å²) in [6.07, 6.45) is 22.3. The summed E-state index contributed by atoms with van der Waals surface area (Å²) in [6, 6.07) is 0. The number of unbranched alkanes of at least 4 members (excludes halogenated alkanes) is 13. The fourth-order valence-corrected chi connectivity index (χ4v) is 9.79. The summed E-state index contributed by atoms with van der Waals surface area (Å²) in [4.78, 5) is 50.0. The number of hydrogen-bond donors (Lipinski definition) is 1. The fraction of sp³-hybridized carbons (Fsp3) is 0.800. The molecule has 0 aromatic rings. The molecule has 1 aliphatic heterocycles. The van der Waals surface area contributed by atoms with Gasteiger partial charge in [-0.1, -0.05) is 102 Å². The van der Waals surface area contributed by atoms with Crippen molar-refractivity contribution in [3.05, 3.63) is 23.8 Å². The molecule has 1 saturated heterocycles. The van der Waals surface area contributed by atoms with Gasteiger partial charge in [-0.15, -0.1) is 0 Å². The van der Waals surface area contributed by atoms with Gasteiger partial charge in [-0.05, 0) is 57.1 Å². The molecule has 9 heteroatoms. The molecular weight excluding hydrogens is 627 g/mol. The molecule has 7 atom stereocenters. The van der Waals surface area contributed by atoms with Crippen LogP contribution in [-0.2, 0) is 33.4 Å². The summed E-state index contributed by atoms with van der Waals surface area (Å²) < 4.78 is 33.9. The molecule has 1 spiro atoms. The molecule has 0 amide bonds. The lowest BCUT2D eigenvalue weighted by atomic mass is 9.48. The lowest BCUT2D eigenvalue weighted by Gasteiger charge is -2.59. The average molecular weight is 687 g/mol. The number of alkyl halides is 1. The number of ketones is 2. The quantitative estimate of drug-likeness (QED) is 0.0739. The van der Waals surface area contributed by atoms with Gasteiger partial charge < -0.3 is 19.3 Å². The molecule has 274 valence electrons. The van der Waals surface area contributed by atoms with Crippen molar-refractivity contribution < 1.29 is 42.9 Å². The summed E-state index contributed by atoms with van der Waals surface area (Å²) >= 11 is 0. The van der Waals surface area contributed by atoms with Crippen molar-refractivity contribution >= 4 is 23.5 Å². The number of ether oxygens (including phenoxy) is 3. The Hall–Kier alpha value is -2.39. The van der Waals surface area contributed by atoms with Crippen LogP contribution in [0, 0.1) is 17.3 Å². The van der Waals surface area contributed by atoms with E-state index in [1.165, 1.54) is 82.8 Å². The third kappa shape index (κ3) is 7.63. The van der Waals surface area contributed by atoms with Crippen molar-refractivity contribution in [2.24, 2.45) is 17.3 Å². The molecule has 4 aliphatic carbocycles. The molecule has 0 aromatic heterocycles. The van der Waals surface area contributed by atoms with Crippen molar-refractivity contribution in [3.63, 3.8) is 0 Å². The van der Waals surface area contributed by atoms with Gasteiger partial charge in [0.1, 0.15) is 5.60 Å². The number of epoxide rings is 1. The van der Waals surface area contributed by atoms with Gasteiger partial charge in [0, 0.05) is 17.8 Å². The van der Waals surface area contributed by atoms with Crippen LogP contribution in [0.15, 0.2) is 23.8 Å². The second kappa shape index (κ2) is 16.3. The van der Waals surface area contributed by atoms with E-state index >= 15 is 4.39 Å². The predicted molar refractivity (Wildman–Crippen MR) is 183 cm³/mol. The molecule has 49 heavy (non-hydrogen) atoms. The lowest BCUT2D eigenvalue weighted by molar-refractivity contribution is -0.178. The number of rotatable bonds is 21. The molecule has 8 nitrogen and oxygen atoms in total. The number of allylic oxidation sites excluding steroid dienone is 4. The molecule has 3 saturated carbocycles. The van der Waals surface area contributed by atoms with Gasteiger partial charge in [0.15, 0.2) is 23.7 Å². The number of halogens is 1. The second-order valence-electron chi connectivity index (χ2n) is 15.6. The molecule has 0 bridgehead atoms. The molecule has 5 rings (SSSR count). The molecule has 0 radical (unpaired) electrons. The second-order valence-corrected chi connectivity index (χ2v) is 15.6. The monoisotopic (exact) mass is 686 g/mol. The van der Waals surface area contributed by atoms with E-state index in [2.05, 4.69) is 6.92 Å². The van der Waals surface area contributed by atoms with E-state index in [4.69, 9.17) is 14.2 Å². The first kappa shape index (κ1) is 37.9. The molecular formula is C40H59FO8. The van der Waals surface area contributed by atoms with Crippen LogP contribution in [0.25, 0.3) is 0 Å². The van der Waals surface area contributed by atoms with Crippen LogP contribution in [0.5, 0.6) is 0 Å². The van der Waals surface area contributed by atoms with Crippen LogP contribution in [0.3, 0.4) is 0 Å². The third-order valence-corrected chi connectivity index (χ3v) is 12.6. The summed E-state index contributed by atoms with van der Waals surface area (Å²) in [5.74, 6) is -2.47. The Morgan fingerprint density at radius 1 is 0.878 bits per heavy atom. The maximum Gasteiger partial charge on any atom is 0.306 e. The van der Waals surface area contributed by atoms with Crippen molar-refractivity contribution in [2.45, 2.75) is 172 Å². The largest absolute Gasteiger partial charge is 0.466 e. The Morgan fingerprint density at radius 3 is 2.10 bits per heavy atom. The van der Waals surface area contributed by atoms with Crippen LogP contribution in [-0.4, -0.2) is 64.8 Å². The Bertz CT molecular complexity index is 1280. The van der Waals surface area contributed by atoms with Gasteiger partial charge in [-0.2, -0.15) is 0 Å². The highest BCUT2D eigenvalue weighted by Gasteiger charge is 2.85. The zero-order chi connectivity index (χ0) is 35.1. The lowest BCUT2D eigenvalue weighted by Crippen LogP contribution is -2.66. The molecule has 1 N–H and O–H groups in total. The SMILES string of the molecule is CCCCCCCCCCCCCCCCOC(=O)CCC(=O)OCC(=O)[C@@]12CC[C@H]3[C@@H]4CCC5=CC(=O)C=CC5(C)[C@@]4(F)C(O)CC31O2. The van der Waals surface area contributed by atoms with Crippen LogP contribution >= 0.6 is 0 Å². The average Bonchev–Trinajstić information content (AvgIpc) is 3.62. The van der Waals surface area contributed by atoms with E-state index in [1.807, 2.05) is 0 Å². The first-order valence-corrected chi connectivity index (χ1v) is 19.4. The van der Waals surface area contributed by atoms with E-state index in [0.29, 0.717) is 37.9 Å². The van der Waals surface area contributed by atoms with Gasteiger partial charge in [0.05, 0.1) is 25.6 Å². The Kier molecular flexibility index (Phi) is 12.6. The van der Waals surface area contributed by atoms with E-state index in [-0.39, 0.29) is 36.7 Å². The van der Waals surface area contributed by atoms with Crippen molar-refractivity contribution in [3.8, 4) is 0 Å². The van der Waals surface area contributed by atoms with E-state index in [0.717, 1.165) is 19.3 Å². The highest BCUT2D eigenvalue weighted by Crippen LogP contribution is 2.74. The highest BCUT2D eigenvalue weighted by atomic mass is 19.1. The smallest absolute Gasteiger partial charge is 0.306 e.